The number of phenols is 1. The molecular formula is C13H13NO3. The van der Waals surface area contributed by atoms with Crippen LogP contribution in [0.4, 0.5) is 0 Å². The van der Waals surface area contributed by atoms with Crippen LogP contribution in [0.25, 0.3) is 10.9 Å². The molecule has 1 heterocycles. The molecule has 0 radical (unpaired) electrons. The maximum absolute atomic E-state index is 11.4. The van der Waals surface area contributed by atoms with Crippen LogP contribution in [0.3, 0.4) is 0 Å². The fraction of sp³-hybridized carbons (Fsp3) is 0.308. The maximum atomic E-state index is 11.4. The van der Waals surface area contributed by atoms with Gasteiger partial charge in [-0.15, -0.1) is 0 Å². The third-order valence-corrected chi connectivity index (χ3v) is 3.37. The number of phenolic OH excluding ortho intramolecular Hbond substituents is 1. The number of carboxylic acid groups (broad SMARTS) is 1. The van der Waals surface area contributed by atoms with E-state index in [-0.39, 0.29) is 11.8 Å². The molecule has 0 amide bonds. The van der Waals surface area contributed by atoms with Crippen LogP contribution in [-0.4, -0.2) is 20.7 Å². The molecule has 88 valence electrons. The maximum Gasteiger partial charge on any atom is 0.352 e. The molecule has 0 bridgehead atoms. The predicted molar refractivity (Wildman–Crippen MR) is 63.6 cm³/mol. The van der Waals surface area contributed by atoms with Crippen LogP contribution in [0.5, 0.6) is 5.75 Å². The first-order chi connectivity index (χ1) is 8.11. The number of aromatic carboxylic acids is 1. The van der Waals surface area contributed by atoms with E-state index in [1.54, 1.807) is 19.1 Å². The smallest absolute Gasteiger partial charge is 0.352 e. The summed E-state index contributed by atoms with van der Waals surface area (Å²) in [7, 11) is 0. The summed E-state index contributed by atoms with van der Waals surface area (Å²) < 4.78 is 1.85. The van der Waals surface area contributed by atoms with Crippen LogP contribution in [0.2, 0.25) is 0 Å². The molecular weight excluding hydrogens is 218 g/mol. The van der Waals surface area contributed by atoms with Gasteiger partial charge in [0, 0.05) is 11.4 Å². The highest BCUT2D eigenvalue weighted by Gasteiger charge is 2.31. The largest absolute Gasteiger partial charge is 0.507 e. The monoisotopic (exact) mass is 231 g/mol. The summed E-state index contributed by atoms with van der Waals surface area (Å²) >= 11 is 0. The SMILES string of the molecule is Cc1c(C(=O)O)n(C2CC2)c2cccc(O)c12. The number of rotatable bonds is 2. The minimum absolute atomic E-state index is 0.155. The number of carboxylic acids is 1. The Labute approximate surface area is 98.1 Å². The molecule has 3 rings (SSSR count). The molecule has 1 aliphatic carbocycles. The van der Waals surface area contributed by atoms with Crippen LogP contribution in [-0.2, 0) is 0 Å². The number of aromatic hydroxyl groups is 1. The lowest BCUT2D eigenvalue weighted by molar-refractivity contribution is 0.0684. The van der Waals surface area contributed by atoms with Gasteiger partial charge in [-0.1, -0.05) is 6.07 Å². The van der Waals surface area contributed by atoms with Gasteiger partial charge in [-0.05, 0) is 37.5 Å². The number of benzene rings is 1. The molecule has 0 atom stereocenters. The van der Waals surface area contributed by atoms with E-state index < -0.39 is 5.97 Å². The van der Waals surface area contributed by atoms with Crippen molar-refractivity contribution in [1.82, 2.24) is 4.57 Å². The molecule has 0 aliphatic heterocycles. The van der Waals surface area contributed by atoms with Gasteiger partial charge in [0.25, 0.3) is 0 Å². The van der Waals surface area contributed by atoms with E-state index in [1.165, 1.54) is 0 Å². The van der Waals surface area contributed by atoms with E-state index in [1.807, 2.05) is 10.6 Å². The van der Waals surface area contributed by atoms with Gasteiger partial charge in [0.05, 0.1) is 5.52 Å². The molecule has 0 saturated heterocycles. The Morgan fingerprint density at radius 3 is 2.71 bits per heavy atom. The number of aryl methyl sites for hydroxylation is 1. The van der Waals surface area contributed by atoms with Crippen LogP contribution in [0, 0.1) is 6.92 Å². The summed E-state index contributed by atoms with van der Waals surface area (Å²) in [6.07, 6.45) is 2.03. The highest BCUT2D eigenvalue weighted by atomic mass is 16.4. The van der Waals surface area contributed by atoms with E-state index in [9.17, 15) is 15.0 Å². The first-order valence-electron chi connectivity index (χ1n) is 5.67. The van der Waals surface area contributed by atoms with Crippen molar-refractivity contribution in [2.45, 2.75) is 25.8 Å². The summed E-state index contributed by atoms with van der Waals surface area (Å²) in [6.45, 7) is 1.75. The molecule has 1 aliphatic rings. The number of hydrogen-bond donors (Lipinski definition) is 2. The molecule has 2 aromatic rings. The molecule has 1 aromatic heterocycles. The van der Waals surface area contributed by atoms with Crippen molar-refractivity contribution in [3.63, 3.8) is 0 Å². The van der Waals surface area contributed by atoms with Gasteiger partial charge < -0.3 is 14.8 Å². The number of hydrogen-bond acceptors (Lipinski definition) is 2. The van der Waals surface area contributed by atoms with Crippen molar-refractivity contribution in [3.8, 4) is 5.75 Å². The normalized spacial score (nSPS) is 15.4. The average molecular weight is 231 g/mol. The highest BCUT2D eigenvalue weighted by Crippen LogP contribution is 2.43. The van der Waals surface area contributed by atoms with Crippen molar-refractivity contribution in [1.29, 1.82) is 0 Å². The molecule has 1 saturated carbocycles. The molecule has 4 nitrogen and oxygen atoms in total. The Bertz CT molecular complexity index is 623. The zero-order chi connectivity index (χ0) is 12.2. The summed E-state index contributed by atoms with van der Waals surface area (Å²) in [5, 5.41) is 19.8. The Kier molecular flexibility index (Phi) is 1.96. The van der Waals surface area contributed by atoms with Gasteiger partial charge >= 0.3 is 5.97 Å². The lowest BCUT2D eigenvalue weighted by atomic mass is 10.1. The molecule has 0 spiro atoms. The van der Waals surface area contributed by atoms with Gasteiger partial charge in [0.1, 0.15) is 11.4 Å². The fourth-order valence-electron chi connectivity index (χ4n) is 2.51. The first kappa shape index (κ1) is 10.2. The van der Waals surface area contributed by atoms with Crippen molar-refractivity contribution in [3.05, 3.63) is 29.5 Å². The third-order valence-electron chi connectivity index (χ3n) is 3.37. The van der Waals surface area contributed by atoms with E-state index in [4.69, 9.17) is 0 Å². The lowest BCUT2D eigenvalue weighted by Gasteiger charge is -2.06. The number of aromatic nitrogens is 1. The summed E-state index contributed by atoms with van der Waals surface area (Å²) in [4.78, 5) is 11.4. The third kappa shape index (κ3) is 1.33. The molecule has 4 heteroatoms. The van der Waals surface area contributed by atoms with Crippen LogP contribution in [0.15, 0.2) is 18.2 Å². The number of fused-ring (bicyclic) bond motifs is 1. The Balaban J connectivity index is 2.45. The second-order valence-electron chi connectivity index (χ2n) is 4.55. The first-order valence-corrected chi connectivity index (χ1v) is 5.67. The molecule has 1 aromatic carbocycles. The van der Waals surface area contributed by atoms with Crippen molar-refractivity contribution < 1.29 is 15.0 Å². The lowest BCUT2D eigenvalue weighted by Crippen LogP contribution is -2.08. The molecule has 0 unspecified atom stereocenters. The predicted octanol–water partition coefficient (Wildman–Crippen LogP) is 2.69. The average Bonchev–Trinajstić information content (AvgIpc) is 3.04. The van der Waals surface area contributed by atoms with Crippen molar-refractivity contribution in [2.24, 2.45) is 0 Å². The second-order valence-corrected chi connectivity index (χ2v) is 4.55. The minimum Gasteiger partial charge on any atom is -0.507 e. The van der Waals surface area contributed by atoms with Crippen molar-refractivity contribution in [2.75, 3.05) is 0 Å². The van der Waals surface area contributed by atoms with Gasteiger partial charge in [0.2, 0.25) is 0 Å². The van der Waals surface area contributed by atoms with Gasteiger partial charge in [-0.25, -0.2) is 4.79 Å². The number of carbonyl (C=O) groups is 1. The zero-order valence-electron chi connectivity index (χ0n) is 9.47. The molecule has 17 heavy (non-hydrogen) atoms. The van der Waals surface area contributed by atoms with Crippen LogP contribution in [0.1, 0.15) is 34.9 Å². The van der Waals surface area contributed by atoms with Gasteiger partial charge in [-0.3, -0.25) is 0 Å². The Hall–Kier alpha value is -1.97. The zero-order valence-corrected chi connectivity index (χ0v) is 9.47. The van der Waals surface area contributed by atoms with E-state index >= 15 is 0 Å². The Morgan fingerprint density at radius 2 is 2.12 bits per heavy atom. The topological polar surface area (TPSA) is 62.5 Å². The highest BCUT2D eigenvalue weighted by molar-refractivity contribution is 6.00. The summed E-state index contributed by atoms with van der Waals surface area (Å²) in [5.41, 5.74) is 1.78. The number of nitrogens with zero attached hydrogens (tertiary/aromatic N) is 1. The van der Waals surface area contributed by atoms with E-state index in [0.29, 0.717) is 16.6 Å². The second kappa shape index (κ2) is 3.26. The van der Waals surface area contributed by atoms with Crippen LogP contribution >= 0.6 is 0 Å². The molecule has 2 N–H and O–H groups in total. The van der Waals surface area contributed by atoms with Crippen molar-refractivity contribution >= 4 is 16.9 Å². The Morgan fingerprint density at radius 1 is 1.41 bits per heavy atom. The standard InChI is InChI=1S/C13H13NO3/c1-7-11-9(3-2-4-10(11)15)14(8-5-6-8)12(7)13(16)17/h2-4,8,15H,5-6H2,1H3,(H,16,17). The van der Waals surface area contributed by atoms with Gasteiger partial charge in [0.15, 0.2) is 0 Å². The summed E-state index contributed by atoms with van der Waals surface area (Å²) in [5.74, 6) is -0.771. The quantitative estimate of drug-likeness (QED) is 0.835. The minimum atomic E-state index is -0.926. The fourth-order valence-corrected chi connectivity index (χ4v) is 2.51. The summed E-state index contributed by atoms with van der Waals surface area (Å²) in [6, 6.07) is 5.49. The van der Waals surface area contributed by atoms with Crippen LogP contribution < -0.4 is 0 Å². The van der Waals surface area contributed by atoms with Gasteiger partial charge in [-0.2, -0.15) is 0 Å². The van der Waals surface area contributed by atoms with E-state index in [0.717, 1.165) is 18.4 Å². The molecule has 1 fully saturated rings. The van der Waals surface area contributed by atoms with E-state index in [2.05, 4.69) is 0 Å².